The van der Waals surface area contributed by atoms with Crippen molar-refractivity contribution in [3.8, 4) is 34.1 Å². The fourth-order valence-corrected chi connectivity index (χ4v) is 3.87. The summed E-state index contributed by atoms with van der Waals surface area (Å²) < 4.78 is 7.56. The molecule has 4 rings (SSSR count). The zero-order chi connectivity index (χ0) is 21.8. The van der Waals surface area contributed by atoms with E-state index in [4.69, 9.17) is 4.74 Å². The number of hydrogen-bond acceptors (Lipinski definition) is 4. The monoisotopic (exact) mass is 410 g/mol. The second-order valence-corrected chi connectivity index (χ2v) is 7.93. The van der Waals surface area contributed by atoms with Crippen LogP contribution in [0.15, 0.2) is 67.1 Å². The average Bonchev–Trinajstić information content (AvgIpc) is 3.16. The number of nitriles is 1. The fourth-order valence-electron chi connectivity index (χ4n) is 3.87. The van der Waals surface area contributed by atoms with Crippen LogP contribution < -0.4 is 4.74 Å². The molecule has 4 aromatic rings. The number of hydrogen-bond donors (Lipinski definition) is 0. The third-order valence-electron chi connectivity index (χ3n) is 5.49. The highest BCUT2D eigenvalue weighted by molar-refractivity contribution is 5.97. The first-order valence-electron chi connectivity index (χ1n) is 10.4. The normalized spacial score (nSPS) is 11.1. The second-order valence-electron chi connectivity index (χ2n) is 7.93. The number of pyridine rings is 1. The van der Waals surface area contributed by atoms with Crippen LogP contribution in [0.25, 0.3) is 33.2 Å². The van der Waals surface area contributed by atoms with Crippen LogP contribution in [0.2, 0.25) is 0 Å². The summed E-state index contributed by atoms with van der Waals surface area (Å²) in [7, 11) is 5.85. The molecule has 0 unspecified atom stereocenters. The first-order valence-corrected chi connectivity index (χ1v) is 10.4. The molecule has 0 atom stereocenters. The number of ether oxygens (including phenoxy) is 1. The van der Waals surface area contributed by atoms with Crippen LogP contribution in [0.1, 0.15) is 12.0 Å². The highest BCUT2D eigenvalue weighted by Crippen LogP contribution is 2.33. The van der Waals surface area contributed by atoms with Crippen molar-refractivity contribution >= 4 is 10.9 Å². The van der Waals surface area contributed by atoms with Crippen LogP contribution in [0, 0.1) is 11.3 Å². The van der Waals surface area contributed by atoms with Gasteiger partial charge in [0.25, 0.3) is 0 Å². The Labute approximate surface area is 183 Å². The van der Waals surface area contributed by atoms with Gasteiger partial charge in [-0.25, -0.2) is 0 Å². The van der Waals surface area contributed by atoms with Crippen LogP contribution in [-0.4, -0.2) is 42.2 Å². The van der Waals surface area contributed by atoms with Gasteiger partial charge >= 0.3 is 0 Å². The Kier molecular flexibility index (Phi) is 6.01. The summed E-state index contributed by atoms with van der Waals surface area (Å²) in [5.41, 5.74) is 6.08. The van der Waals surface area contributed by atoms with Gasteiger partial charge in [0.2, 0.25) is 0 Å². The van der Waals surface area contributed by atoms with Crippen molar-refractivity contribution < 1.29 is 4.74 Å². The van der Waals surface area contributed by atoms with E-state index in [1.807, 2.05) is 54.9 Å². The number of aryl methyl sites for hydroxylation is 1. The van der Waals surface area contributed by atoms with Crippen molar-refractivity contribution in [1.29, 1.82) is 5.26 Å². The topological polar surface area (TPSA) is 54.1 Å². The molecular weight excluding hydrogens is 384 g/mol. The van der Waals surface area contributed by atoms with E-state index in [0.29, 0.717) is 5.56 Å². The van der Waals surface area contributed by atoms with Crippen molar-refractivity contribution in [2.24, 2.45) is 0 Å². The van der Waals surface area contributed by atoms with E-state index >= 15 is 0 Å². The summed E-state index contributed by atoms with van der Waals surface area (Å²) in [5, 5.41) is 10.5. The van der Waals surface area contributed by atoms with Gasteiger partial charge in [0, 0.05) is 52.7 Å². The molecule has 31 heavy (non-hydrogen) atoms. The molecule has 0 N–H and O–H groups in total. The van der Waals surface area contributed by atoms with Gasteiger partial charge in [-0.05, 0) is 69.0 Å². The summed E-state index contributed by atoms with van der Waals surface area (Å²) in [5.74, 6) is 0.831. The first-order chi connectivity index (χ1) is 15.1. The third kappa shape index (κ3) is 4.45. The standard InChI is InChI=1S/C26H26N4O/c1-29(2)11-4-12-30-18-25(24-13-19(15-27)5-10-26(24)30)22-14-21(16-28-17-22)20-6-8-23(31-3)9-7-20/h5-10,13-14,16-18H,4,11-12H2,1-3H3. The van der Waals surface area contributed by atoms with Crippen LogP contribution in [0.4, 0.5) is 0 Å². The smallest absolute Gasteiger partial charge is 0.118 e. The minimum atomic E-state index is 0.666. The lowest BCUT2D eigenvalue weighted by atomic mass is 10.0. The Balaban J connectivity index is 1.76. The van der Waals surface area contributed by atoms with E-state index < -0.39 is 0 Å². The molecule has 0 aliphatic rings. The van der Waals surface area contributed by atoms with Crippen LogP contribution in [-0.2, 0) is 6.54 Å². The Morgan fingerprint density at radius 2 is 1.77 bits per heavy atom. The molecule has 0 aliphatic carbocycles. The van der Waals surface area contributed by atoms with E-state index in [-0.39, 0.29) is 0 Å². The maximum Gasteiger partial charge on any atom is 0.118 e. The third-order valence-corrected chi connectivity index (χ3v) is 5.49. The number of aromatic nitrogens is 2. The minimum absolute atomic E-state index is 0.666. The SMILES string of the molecule is COc1ccc(-c2cncc(-c3cn(CCCN(C)C)c4ccc(C#N)cc34)c2)cc1. The zero-order valence-electron chi connectivity index (χ0n) is 18.2. The summed E-state index contributed by atoms with van der Waals surface area (Å²) >= 11 is 0. The van der Waals surface area contributed by atoms with Crippen molar-refractivity contribution in [3.05, 3.63) is 72.7 Å². The molecule has 0 amide bonds. The van der Waals surface area contributed by atoms with Gasteiger partial charge in [0.15, 0.2) is 0 Å². The van der Waals surface area contributed by atoms with E-state index in [0.717, 1.165) is 58.4 Å². The summed E-state index contributed by atoms with van der Waals surface area (Å²) in [6, 6.07) is 18.3. The van der Waals surface area contributed by atoms with Crippen molar-refractivity contribution in [1.82, 2.24) is 14.5 Å². The summed E-state index contributed by atoms with van der Waals surface area (Å²) in [4.78, 5) is 6.71. The second kappa shape index (κ2) is 9.03. The van der Waals surface area contributed by atoms with Gasteiger partial charge < -0.3 is 14.2 Å². The van der Waals surface area contributed by atoms with E-state index in [9.17, 15) is 5.26 Å². The lowest BCUT2D eigenvalue weighted by Crippen LogP contribution is -2.14. The lowest BCUT2D eigenvalue weighted by Gasteiger charge is -2.10. The molecule has 0 saturated carbocycles. The molecule has 0 spiro atoms. The molecule has 2 heterocycles. The zero-order valence-corrected chi connectivity index (χ0v) is 18.2. The van der Waals surface area contributed by atoms with Crippen molar-refractivity contribution in [2.75, 3.05) is 27.7 Å². The molecule has 0 aliphatic heterocycles. The van der Waals surface area contributed by atoms with Crippen molar-refractivity contribution in [2.45, 2.75) is 13.0 Å². The molecule has 5 heteroatoms. The number of benzene rings is 2. The van der Waals surface area contributed by atoms with Gasteiger partial charge in [-0.1, -0.05) is 12.1 Å². The molecule has 156 valence electrons. The number of methoxy groups -OCH3 is 1. The fraction of sp³-hybridized carbons (Fsp3) is 0.231. The maximum absolute atomic E-state index is 9.42. The van der Waals surface area contributed by atoms with Gasteiger partial charge in [0.05, 0.1) is 18.7 Å². The Morgan fingerprint density at radius 1 is 1.00 bits per heavy atom. The molecule has 0 radical (unpaired) electrons. The minimum Gasteiger partial charge on any atom is -0.497 e. The van der Waals surface area contributed by atoms with E-state index in [1.165, 1.54) is 0 Å². The van der Waals surface area contributed by atoms with Crippen LogP contribution in [0.3, 0.4) is 0 Å². The number of fused-ring (bicyclic) bond motifs is 1. The van der Waals surface area contributed by atoms with Crippen LogP contribution >= 0.6 is 0 Å². The van der Waals surface area contributed by atoms with Crippen molar-refractivity contribution in [3.63, 3.8) is 0 Å². The maximum atomic E-state index is 9.42. The largest absolute Gasteiger partial charge is 0.497 e. The van der Waals surface area contributed by atoms with E-state index in [2.05, 4.69) is 46.9 Å². The lowest BCUT2D eigenvalue weighted by molar-refractivity contribution is 0.388. The van der Waals surface area contributed by atoms with Crippen LogP contribution in [0.5, 0.6) is 5.75 Å². The molecule has 0 fully saturated rings. The molecule has 2 aromatic carbocycles. The van der Waals surface area contributed by atoms with Gasteiger partial charge in [-0.2, -0.15) is 5.26 Å². The van der Waals surface area contributed by atoms with Gasteiger partial charge in [-0.3, -0.25) is 4.98 Å². The summed E-state index contributed by atoms with van der Waals surface area (Å²) in [6.07, 6.45) is 7.02. The predicted molar refractivity (Wildman–Crippen MR) is 125 cm³/mol. The van der Waals surface area contributed by atoms with Gasteiger partial charge in [-0.15, -0.1) is 0 Å². The highest BCUT2D eigenvalue weighted by atomic mass is 16.5. The first kappa shape index (κ1) is 20.6. The molecule has 0 bridgehead atoms. The Bertz CT molecular complexity index is 1230. The highest BCUT2D eigenvalue weighted by Gasteiger charge is 2.13. The molecule has 0 saturated heterocycles. The molecule has 5 nitrogen and oxygen atoms in total. The number of nitrogens with zero attached hydrogens (tertiary/aromatic N) is 4. The predicted octanol–water partition coefficient (Wildman–Crippen LogP) is 5.20. The average molecular weight is 411 g/mol. The Hall–Kier alpha value is -3.62. The molecule has 2 aromatic heterocycles. The number of rotatable bonds is 7. The van der Waals surface area contributed by atoms with E-state index in [1.54, 1.807) is 7.11 Å². The summed E-state index contributed by atoms with van der Waals surface area (Å²) in [6.45, 7) is 1.95. The van der Waals surface area contributed by atoms with Gasteiger partial charge in [0.1, 0.15) is 5.75 Å². The Morgan fingerprint density at radius 3 is 2.48 bits per heavy atom. The quantitative estimate of drug-likeness (QED) is 0.420. The molecular formula is C26H26N4O.